The Labute approximate surface area is 221 Å². The number of aromatic nitrogens is 2. The van der Waals surface area contributed by atoms with E-state index in [0.29, 0.717) is 61.2 Å². The number of nitrogens with zero attached hydrogens (tertiary/aromatic N) is 4. The van der Waals surface area contributed by atoms with Gasteiger partial charge in [-0.2, -0.15) is 4.98 Å². The van der Waals surface area contributed by atoms with Crippen LogP contribution in [0.5, 0.6) is 0 Å². The SMILES string of the molecule is CCOC(=O)C1=C(C)Nc2c(c(N3CCN(Cc4ccccc4F)CC3)nc(=O)n2C)[C@@H]1c1ccccc1. The molecule has 0 bridgehead atoms. The van der Waals surface area contributed by atoms with E-state index in [1.165, 1.54) is 10.6 Å². The lowest BCUT2D eigenvalue weighted by Gasteiger charge is -2.39. The molecule has 8 nitrogen and oxygen atoms in total. The number of ether oxygens (including phenoxy) is 1. The molecule has 38 heavy (non-hydrogen) atoms. The quantitative estimate of drug-likeness (QED) is 0.500. The summed E-state index contributed by atoms with van der Waals surface area (Å²) in [6, 6.07) is 16.6. The van der Waals surface area contributed by atoms with Crippen LogP contribution in [0.25, 0.3) is 0 Å². The fraction of sp³-hybridized carbons (Fsp3) is 0.345. The summed E-state index contributed by atoms with van der Waals surface area (Å²) in [5.74, 6) is 0.115. The maximum Gasteiger partial charge on any atom is 0.350 e. The number of benzene rings is 2. The van der Waals surface area contributed by atoms with Gasteiger partial charge in [-0.1, -0.05) is 48.5 Å². The maximum absolute atomic E-state index is 14.2. The van der Waals surface area contributed by atoms with Crippen molar-refractivity contribution in [1.82, 2.24) is 14.5 Å². The average Bonchev–Trinajstić information content (AvgIpc) is 2.92. The highest BCUT2D eigenvalue weighted by Gasteiger charge is 2.38. The van der Waals surface area contributed by atoms with Crippen LogP contribution in [0.3, 0.4) is 0 Å². The van der Waals surface area contributed by atoms with Crippen LogP contribution in [-0.4, -0.2) is 53.2 Å². The molecule has 1 aromatic heterocycles. The topological polar surface area (TPSA) is 79.7 Å². The lowest BCUT2D eigenvalue weighted by molar-refractivity contribution is -0.138. The molecule has 3 heterocycles. The van der Waals surface area contributed by atoms with Crippen molar-refractivity contribution in [1.29, 1.82) is 0 Å². The van der Waals surface area contributed by atoms with Crippen molar-refractivity contribution in [2.45, 2.75) is 26.3 Å². The van der Waals surface area contributed by atoms with Crippen LogP contribution in [0, 0.1) is 5.82 Å². The monoisotopic (exact) mass is 517 g/mol. The third kappa shape index (κ3) is 4.81. The number of fused-ring (bicyclic) bond motifs is 1. The molecular formula is C29H32FN5O3. The van der Waals surface area contributed by atoms with E-state index in [1.54, 1.807) is 20.0 Å². The molecule has 1 saturated heterocycles. The number of nitrogens with one attached hydrogen (secondary N) is 1. The molecule has 1 fully saturated rings. The molecule has 5 rings (SSSR count). The summed E-state index contributed by atoms with van der Waals surface area (Å²) in [6.07, 6.45) is 0. The van der Waals surface area contributed by atoms with Gasteiger partial charge in [-0.3, -0.25) is 9.47 Å². The minimum absolute atomic E-state index is 0.206. The van der Waals surface area contributed by atoms with Gasteiger partial charge in [0, 0.05) is 56.6 Å². The average molecular weight is 518 g/mol. The zero-order chi connectivity index (χ0) is 26.8. The number of esters is 1. The highest BCUT2D eigenvalue weighted by atomic mass is 19.1. The van der Waals surface area contributed by atoms with E-state index in [4.69, 9.17) is 4.74 Å². The van der Waals surface area contributed by atoms with Crippen molar-refractivity contribution < 1.29 is 13.9 Å². The maximum atomic E-state index is 14.2. The molecule has 0 amide bonds. The minimum atomic E-state index is -0.461. The Bertz CT molecular complexity index is 1430. The van der Waals surface area contributed by atoms with Crippen LogP contribution in [0.1, 0.15) is 36.5 Å². The van der Waals surface area contributed by atoms with Crippen LogP contribution in [0.2, 0.25) is 0 Å². The van der Waals surface area contributed by atoms with E-state index in [2.05, 4.69) is 20.1 Å². The summed E-state index contributed by atoms with van der Waals surface area (Å²) < 4.78 is 21.2. The fourth-order valence-electron chi connectivity index (χ4n) is 5.32. The number of hydrogen-bond acceptors (Lipinski definition) is 7. The number of hydrogen-bond donors (Lipinski definition) is 1. The van der Waals surface area contributed by atoms with E-state index in [-0.39, 0.29) is 18.1 Å². The zero-order valence-electron chi connectivity index (χ0n) is 21.9. The number of halogens is 1. The zero-order valence-corrected chi connectivity index (χ0v) is 21.9. The standard InChI is InChI=1S/C29H32FN5O3/c1-4-38-28(36)23-19(2)31-26-25(24(23)20-10-6-5-7-11-20)27(32-29(37)33(26)3)35-16-14-34(15-17-35)18-21-12-8-9-13-22(21)30/h5-13,24,31H,4,14-18H2,1-3H3/t24-/m1/s1. The lowest BCUT2D eigenvalue weighted by atomic mass is 9.81. The van der Waals surface area contributed by atoms with Crippen LogP contribution in [-0.2, 0) is 23.1 Å². The molecule has 1 atom stereocenters. The number of rotatable bonds is 6. The number of anilines is 2. The van der Waals surface area contributed by atoms with Crippen LogP contribution in [0.4, 0.5) is 16.0 Å². The smallest absolute Gasteiger partial charge is 0.350 e. The molecule has 0 spiro atoms. The summed E-state index contributed by atoms with van der Waals surface area (Å²) >= 11 is 0. The van der Waals surface area contributed by atoms with Gasteiger partial charge in [0.2, 0.25) is 0 Å². The molecule has 2 aromatic carbocycles. The van der Waals surface area contributed by atoms with E-state index in [0.717, 1.165) is 11.1 Å². The van der Waals surface area contributed by atoms with Gasteiger partial charge in [0.1, 0.15) is 17.5 Å². The molecule has 198 valence electrons. The first-order valence-corrected chi connectivity index (χ1v) is 12.9. The Kier molecular flexibility index (Phi) is 7.28. The summed E-state index contributed by atoms with van der Waals surface area (Å²) in [7, 11) is 1.68. The molecular weight excluding hydrogens is 485 g/mol. The van der Waals surface area contributed by atoms with Crippen LogP contribution >= 0.6 is 0 Å². The van der Waals surface area contributed by atoms with Crippen LogP contribution in [0.15, 0.2) is 70.7 Å². The van der Waals surface area contributed by atoms with Crippen molar-refractivity contribution >= 4 is 17.6 Å². The first-order valence-electron chi connectivity index (χ1n) is 12.9. The molecule has 2 aliphatic heterocycles. The second-order valence-electron chi connectivity index (χ2n) is 9.62. The van der Waals surface area contributed by atoms with Gasteiger partial charge in [0.05, 0.1) is 18.1 Å². The minimum Gasteiger partial charge on any atom is -0.463 e. The van der Waals surface area contributed by atoms with E-state index >= 15 is 0 Å². The van der Waals surface area contributed by atoms with Crippen molar-refractivity contribution in [2.24, 2.45) is 7.05 Å². The normalized spacial score (nSPS) is 17.7. The van der Waals surface area contributed by atoms with Gasteiger partial charge >= 0.3 is 11.7 Å². The van der Waals surface area contributed by atoms with E-state index < -0.39 is 11.9 Å². The third-order valence-electron chi connectivity index (χ3n) is 7.26. The van der Waals surface area contributed by atoms with Gasteiger partial charge in [-0.05, 0) is 25.5 Å². The van der Waals surface area contributed by atoms with Gasteiger partial charge in [-0.25, -0.2) is 14.0 Å². The molecule has 0 unspecified atom stereocenters. The van der Waals surface area contributed by atoms with Gasteiger partial charge in [-0.15, -0.1) is 0 Å². The molecule has 2 aliphatic rings. The molecule has 3 aromatic rings. The first kappa shape index (κ1) is 25.7. The summed E-state index contributed by atoms with van der Waals surface area (Å²) in [6.45, 7) is 6.98. The number of carbonyl (C=O) groups excluding carboxylic acids is 1. The molecule has 0 aliphatic carbocycles. The van der Waals surface area contributed by atoms with Crippen molar-refractivity contribution in [2.75, 3.05) is 43.0 Å². The van der Waals surface area contributed by atoms with Crippen molar-refractivity contribution in [3.05, 3.63) is 98.9 Å². The van der Waals surface area contributed by atoms with Crippen LogP contribution < -0.4 is 15.9 Å². The highest BCUT2D eigenvalue weighted by Crippen LogP contribution is 2.45. The highest BCUT2D eigenvalue weighted by molar-refractivity contribution is 5.95. The van der Waals surface area contributed by atoms with Gasteiger partial charge < -0.3 is 15.0 Å². The third-order valence-corrected chi connectivity index (χ3v) is 7.26. The second kappa shape index (κ2) is 10.8. The Balaban J connectivity index is 1.54. The number of carbonyl (C=O) groups is 1. The Morgan fingerprint density at radius 3 is 2.45 bits per heavy atom. The second-order valence-corrected chi connectivity index (χ2v) is 9.62. The number of piperazine rings is 1. The van der Waals surface area contributed by atoms with Crippen molar-refractivity contribution in [3.8, 4) is 0 Å². The summed E-state index contributed by atoms with van der Waals surface area (Å²) in [5, 5.41) is 3.31. The fourth-order valence-corrected chi connectivity index (χ4v) is 5.32. The molecule has 1 N–H and O–H groups in total. The van der Waals surface area contributed by atoms with Crippen molar-refractivity contribution in [3.63, 3.8) is 0 Å². The van der Waals surface area contributed by atoms with Gasteiger partial charge in [0.25, 0.3) is 0 Å². The largest absolute Gasteiger partial charge is 0.463 e. The first-order chi connectivity index (χ1) is 18.4. The predicted octanol–water partition coefficient (Wildman–Crippen LogP) is 3.64. The summed E-state index contributed by atoms with van der Waals surface area (Å²) in [5.41, 5.74) is 3.13. The summed E-state index contributed by atoms with van der Waals surface area (Å²) in [4.78, 5) is 35.0. The Hall–Kier alpha value is -3.98. The van der Waals surface area contributed by atoms with Gasteiger partial charge in [0.15, 0.2) is 0 Å². The van der Waals surface area contributed by atoms with E-state index in [9.17, 15) is 14.0 Å². The lowest BCUT2D eigenvalue weighted by Crippen LogP contribution is -2.48. The Morgan fingerprint density at radius 2 is 1.76 bits per heavy atom. The number of allylic oxidation sites excluding steroid dienone is 1. The predicted molar refractivity (Wildman–Crippen MR) is 145 cm³/mol. The van der Waals surface area contributed by atoms with E-state index in [1.807, 2.05) is 49.4 Å². The molecule has 0 saturated carbocycles. The molecule has 9 heteroatoms. The molecule has 0 radical (unpaired) electrons. The Morgan fingerprint density at radius 1 is 1.08 bits per heavy atom.